The Kier molecular flexibility index (Phi) is 4.06. The summed E-state index contributed by atoms with van der Waals surface area (Å²) < 4.78 is 1.81. The molecule has 0 spiro atoms. The third-order valence-corrected chi connectivity index (χ3v) is 4.48. The average Bonchev–Trinajstić information content (AvgIpc) is 3.26. The van der Waals surface area contributed by atoms with E-state index in [1.165, 1.54) is 0 Å². The average molecular weight is 337 g/mol. The molecule has 4 rings (SSSR count). The molecular weight excluding hydrogens is 318 g/mol. The molecule has 0 aromatic carbocycles. The summed E-state index contributed by atoms with van der Waals surface area (Å²) in [6.07, 6.45) is 7.37. The fourth-order valence-corrected chi connectivity index (χ4v) is 2.97. The summed E-state index contributed by atoms with van der Waals surface area (Å²) >= 11 is 0. The molecular formula is C17H19N7O. The maximum Gasteiger partial charge on any atom is 0.222 e. The molecule has 1 amide bonds. The van der Waals surface area contributed by atoms with Crippen LogP contribution < -0.4 is 5.32 Å². The van der Waals surface area contributed by atoms with Gasteiger partial charge in [0, 0.05) is 37.7 Å². The second kappa shape index (κ2) is 6.51. The zero-order valence-corrected chi connectivity index (χ0v) is 13.9. The summed E-state index contributed by atoms with van der Waals surface area (Å²) in [6.45, 7) is 2.18. The molecule has 25 heavy (non-hydrogen) atoms. The molecule has 0 unspecified atom stereocenters. The predicted molar refractivity (Wildman–Crippen MR) is 90.0 cm³/mol. The standard InChI is InChI=1S/C17H19N7O/c18-9-13-8-15(22-17(21-13)12-3-4-12)20-14-10-19-24(11-14)7-6-23-5-1-2-16(23)25/h8,10-12H,1-7H2,(H,20,21,22). The van der Waals surface area contributed by atoms with Crippen LogP contribution in [0.4, 0.5) is 11.5 Å². The Balaban J connectivity index is 1.41. The maximum atomic E-state index is 11.6. The van der Waals surface area contributed by atoms with E-state index in [0.717, 1.165) is 37.3 Å². The van der Waals surface area contributed by atoms with Gasteiger partial charge in [-0.05, 0) is 19.3 Å². The van der Waals surface area contributed by atoms with Crippen molar-refractivity contribution in [3.8, 4) is 6.07 Å². The first-order valence-corrected chi connectivity index (χ1v) is 8.57. The number of hydrogen-bond acceptors (Lipinski definition) is 6. The largest absolute Gasteiger partial charge is 0.341 e. The van der Waals surface area contributed by atoms with Crippen LogP contribution in [0.1, 0.15) is 43.1 Å². The molecule has 1 N–H and O–H groups in total. The lowest BCUT2D eigenvalue weighted by molar-refractivity contribution is -0.127. The third kappa shape index (κ3) is 3.60. The second-order valence-electron chi connectivity index (χ2n) is 6.48. The number of nitriles is 1. The minimum atomic E-state index is 0.225. The van der Waals surface area contributed by atoms with Crippen LogP contribution in [0, 0.1) is 11.3 Å². The second-order valence-corrected chi connectivity index (χ2v) is 6.48. The highest BCUT2D eigenvalue weighted by molar-refractivity contribution is 5.78. The van der Waals surface area contributed by atoms with E-state index in [4.69, 9.17) is 5.26 Å². The van der Waals surface area contributed by atoms with Crippen molar-refractivity contribution in [1.82, 2.24) is 24.6 Å². The highest BCUT2D eigenvalue weighted by Gasteiger charge is 2.27. The van der Waals surface area contributed by atoms with E-state index in [1.807, 2.05) is 15.8 Å². The SMILES string of the molecule is N#Cc1cc(Nc2cnn(CCN3CCCC3=O)c2)nc(C2CC2)n1. The van der Waals surface area contributed by atoms with Crippen molar-refractivity contribution in [3.63, 3.8) is 0 Å². The number of aromatic nitrogens is 4. The van der Waals surface area contributed by atoms with Crippen molar-refractivity contribution in [2.75, 3.05) is 18.4 Å². The van der Waals surface area contributed by atoms with Crippen LogP contribution in [0.25, 0.3) is 0 Å². The normalized spacial score (nSPS) is 16.9. The Bertz CT molecular complexity index is 834. The van der Waals surface area contributed by atoms with Gasteiger partial charge in [0.05, 0.1) is 18.4 Å². The Morgan fingerprint density at radius 3 is 2.92 bits per heavy atom. The van der Waals surface area contributed by atoms with Crippen LogP contribution in [-0.4, -0.2) is 43.6 Å². The molecule has 1 saturated carbocycles. The highest BCUT2D eigenvalue weighted by Crippen LogP contribution is 2.38. The number of rotatable bonds is 6. The number of amides is 1. The summed E-state index contributed by atoms with van der Waals surface area (Å²) in [5, 5.41) is 16.6. The Morgan fingerprint density at radius 1 is 1.32 bits per heavy atom. The van der Waals surface area contributed by atoms with Crippen LogP contribution >= 0.6 is 0 Å². The van der Waals surface area contributed by atoms with Crippen LogP contribution in [0.5, 0.6) is 0 Å². The molecule has 1 aliphatic carbocycles. The zero-order chi connectivity index (χ0) is 17.2. The first-order chi connectivity index (χ1) is 12.2. The first-order valence-electron chi connectivity index (χ1n) is 8.57. The van der Waals surface area contributed by atoms with Gasteiger partial charge in [0.1, 0.15) is 23.4 Å². The Labute approximate surface area is 145 Å². The number of anilines is 2. The van der Waals surface area contributed by atoms with Crippen molar-refractivity contribution < 1.29 is 4.79 Å². The molecule has 8 heteroatoms. The minimum Gasteiger partial charge on any atom is -0.341 e. The van der Waals surface area contributed by atoms with Crippen molar-refractivity contribution in [2.45, 2.75) is 38.1 Å². The van der Waals surface area contributed by atoms with Gasteiger partial charge in [0.15, 0.2) is 0 Å². The predicted octanol–water partition coefficient (Wildman–Crippen LogP) is 1.79. The molecule has 3 heterocycles. The van der Waals surface area contributed by atoms with E-state index >= 15 is 0 Å². The molecule has 2 fully saturated rings. The molecule has 0 radical (unpaired) electrons. The van der Waals surface area contributed by atoms with Gasteiger partial charge < -0.3 is 10.2 Å². The quantitative estimate of drug-likeness (QED) is 0.862. The Hall–Kier alpha value is -2.95. The first kappa shape index (κ1) is 15.6. The van der Waals surface area contributed by atoms with Crippen molar-refractivity contribution >= 4 is 17.4 Å². The number of nitrogens with zero attached hydrogens (tertiary/aromatic N) is 6. The third-order valence-electron chi connectivity index (χ3n) is 4.48. The highest BCUT2D eigenvalue weighted by atomic mass is 16.2. The summed E-state index contributed by atoms with van der Waals surface area (Å²) in [6, 6.07) is 3.73. The molecule has 1 aliphatic heterocycles. The maximum absolute atomic E-state index is 11.6. The van der Waals surface area contributed by atoms with Gasteiger partial charge in [-0.25, -0.2) is 9.97 Å². The zero-order valence-electron chi connectivity index (χ0n) is 13.9. The van der Waals surface area contributed by atoms with E-state index in [2.05, 4.69) is 26.5 Å². The number of nitrogens with one attached hydrogen (secondary N) is 1. The summed E-state index contributed by atoms with van der Waals surface area (Å²) in [5.74, 6) is 1.96. The van der Waals surface area contributed by atoms with Gasteiger partial charge in [-0.1, -0.05) is 0 Å². The van der Waals surface area contributed by atoms with Crippen molar-refractivity contribution in [1.29, 1.82) is 5.26 Å². The molecule has 2 aromatic heterocycles. The van der Waals surface area contributed by atoms with Crippen molar-refractivity contribution in [3.05, 3.63) is 30.0 Å². The van der Waals surface area contributed by atoms with Crippen LogP contribution in [0.3, 0.4) is 0 Å². The minimum absolute atomic E-state index is 0.225. The van der Waals surface area contributed by atoms with Gasteiger partial charge in [-0.2, -0.15) is 10.4 Å². The smallest absolute Gasteiger partial charge is 0.222 e. The van der Waals surface area contributed by atoms with E-state index < -0.39 is 0 Å². The fourth-order valence-electron chi connectivity index (χ4n) is 2.97. The fraction of sp³-hybridized carbons (Fsp3) is 0.471. The van der Waals surface area contributed by atoms with Gasteiger partial charge in [0.25, 0.3) is 0 Å². The molecule has 2 aromatic rings. The molecule has 0 atom stereocenters. The molecule has 128 valence electrons. The number of carbonyl (C=O) groups is 1. The Morgan fingerprint density at radius 2 is 2.20 bits per heavy atom. The van der Waals surface area contributed by atoms with Gasteiger partial charge >= 0.3 is 0 Å². The monoisotopic (exact) mass is 337 g/mol. The lowest BCUT2D eigenvalue weighted by Crippen LogP contribution is -2.28. The molecule has 1 saturated heterocycles. The summed E-state index contributed by atoms with van der Waals surface area (Å²) in [4.78, 5) is 22.3. The van der Waals surface area contributed by atoms with Crippen LogP contribution in [0.2, 0.25) is 0 Å². The van der Waals surface area contributed by atoms with E-state index in [1.54, 1.807) is 12.3 Å². The number of hydrogen-bond donors (Lipinski definition) is 1. The van der Waals surface area contributed by atoms with Gasteiger partial charge in [-0.15, -0.1) is 0 Å². The molecule has 2 aliphatic rings. The van der Waals surface area contributed by atoms with Crippen LogP contribution in [-0.2, 0) is 11.3 Å². The molecule has 8 nitrogen and oxygen atoms in total. The summed E-state index contributed by atoms with van der Waals surface area (Å²) in [7, 11) is 0. The number of likely N-dealkylation sites (tertiary alicyclic amines) is 1. The van der Waals surface area contributed by atoms with Crippen LogP contribution in [0.15, 0.2) is 18.5 Å². The van der Waals surface area contributed by atoms with E-state index in [0.29, 0.717) is 36.9 Å². The molecule has 0 bridgehead atoms. The van der Waals surface area contributed by atoms with Gasteiger partial charge in [-0.3, -0.25) is 9.48 Å². The lowest BCUT2D eigenvalue weighted by atomic mass is 10.3. The van der Waals surface area contributed by atoms with E-state index in [9.17, 15) is 4.79 Å². The lowest BCUT2D eigenvalue weighted by Gasteiger charge is -2.14. The topological polar surface area (TPSA) is 99.7 Å². The summed E-state index contributed by atoms with van der Waals surface area (Å²) in [5.41, 5.74) is 1.18. The van der Waals surface area contributed by atoms with Crippen molar-refractivity contribution in [2.24, 2.45) is 0 Å². The number of carbonyl (C=O) groups excluding carboxylic acids is 1. The van der Waals surface area contributed by atoms with E-state index in [-0.39, 0.29) is 5.91 Å². The van der Waals surface area contributed by atoms with Gasteiger partial charge in [0.2, 0.25) is 5.91 Å².